The summed E-state index contributed by atoms with van der Waals surface area (Å²) in [4.78, 5) is 7.31. The molecule has 0 saturated heterocycles. The number of aromatic nitrogens is 4. The van der Waals surface area contributed by atoms with Gasteiger partial charge in [-0.3, -0.25) is 5.10 Å². The SMILES string of the molecule is Cc1cc2[nH]cnc2cc1Nc1cc(-c2ccc(O)c(F)c2)[nH]n1. The maximum absolute atomic E-state index is 13.5. The lowest BCUT2D eigenvalue weighted by atomic mass is 10.1. The second-order valence-electron chi connectivity index (χ2n) is 5.54. The van der Waals surface area contributed by atoms with E-state index in [-0.39, 0.29) is 5.75 Å². The van der Waals surface area contributed by atoms with Crippen molar-refractivity contribution >= 4 is 22.5 Å². The first-order valence-electron chi connectivity index (χ1n) is 7.35. The quantitative estimate of drug-likeness (QED) is 0.461. The van der Waals surface area contributed by atoms with Gasteiger partial charge in [-0.05, 0) is 42.8 Å². The Morgan fingerprint density at radius 1 is 1.17 bits per heavy atom. The van der Waals surface area contributed by atoms with Crippen molar-refractivity contribution in [1.82, 2.24) is 20.2 Å². The first kappa shape index (κ1) is 14.3. The van der Waals surface area contributed by atoms with E-state index < -0.39 is 5.82 Å². The Balaban J connectivity index is 1.64. The van der Waals surface area contributed by atoms with Crippen molar-refractivity contribution in [2.24, 2.45) is 0 Å². The lowest BCUT2D eigenvalue weighted by Gasteiger charge is -2.06. The van der Waals surface area contributed by atoms with Crippen LogP contribution in [-0.4, -0.2) is 25.3 Å². The topological polar surface area (TPSA) is 89.6 Å². The number of phenolic OH excluding ortho intramolecular Hbond substituents is 1. The van der Waals surface area contributed by atoms with E-state index >= 15 is 0 Å². The van der Waals surface area contributed by atoms with Gasteiger partial charge in [0.15, 0.2) is 17.4 Å². The summed E-state index contributed by atoms with van der Waals surface area (Å²) in [6.45, 7) is 1.99. The van der Waals surface area contributed by atoms with Gasteiger partial charge in [0, 0.05) is 17.3 Å². The number of nitrogens with one attached hydrogen (secondary N) is 3. The van der Waals surface area contributed by atoms with Gasteiger partial charge in [-0.2, -0.15) is 5.10 Å². The molecule has 0 aliphatic heterocycles. The average molecular weight is 323 g/mol. The van der Waals surface area contributed by atoms with E-state index in [2.05, 4.69) is 25.5 Å². The molecule has 0 saturated carbocycles. The smallest absolute Gasteiger partial charge is 0.165 e. The van der Waals surface area contributed by atoms with Crippen molar-refractivity contribution in [3.8, 4) is 17.0 Å². The number of aromatic hydroxyl groups is 1. The molecule has 0 bridgehead atoms. The third-order valence-corrected chi connectivity index (χ3v) is 3.87. The average Bonchev–Trinajstić information content (AvgIpc) is 3.19. The zero-order valence-corrected chi connectivity index (χ0v) is 12.8. The number of aryl methyl sites for hydroxylation is 1. The number of nitrogens with zero attached hydrogens (tertiary/aromatic N) is 2. The molecule has 4 rings (SSSR count). The number of hydrogen-bond acceptors (Lipinski definition) is 4. The Kier molecular flexibility index (Phi) is 3.19. The van der Waals surface area contributed by atoms with Gasteiger partial charge in [-0.15, -0.1) is 0 Å². The molecule has 2 heterocycles. The lowest BCUT2D eigenvalue weighted by molar-refractivity contribution is 0.432. The fourth-order valence-corrected chi connectivity index (χ4v) is 2.57. The molecular weight excluding hydrogens is 309 g/mol. The Labute approximate surface area is 136 Å². The van der Waals surface area contributed by atoms with Crippen LogP contribution >= 0.6 is 0 Å². The van der Waals surface area contributed by atoms with Crippen molar-refractivity contribution in [2.45, 2.75) is 6.92 Å². The molecule has 0 amide bonds. The van der Waals surface area contributed by atoms with Crippen LogP contribution < -0.4 is 5.32 Å². The number of anilines is 2. The third kappa shape index (κ3) is 2.45. The van der Waals surface area contributed by atoms with Crippen LogP contribution in [0, 0.1) is 12.7 Å². The van der Waals surface area contributed by atoms with Crippen LogP contribution in [0.4, 0.5) is 15.9 Å². The zero-order valence-electron chi connectivity index (χ0n) is 12.8. The standard InChI is InChI=1S/C17H14FN5O/c1-9-4-14-15(20-8-19-14)6-12(9)21-17-7-13(22-23-17)10-2-3-16(24)11(18)5-10/h2-8,24H,1H3,(H,19,20)(H2,21,22,23). The van der Waals surface area contributed by atoms with E-state index in [1.165, 1.54) is 12.1 Å². The second kappa shape index (κ2) is 5.38. The van der Waals surface area contributed by atoms with Gasteiger partial charge in [0.2, 0.25) is 0 Å². The van der Waals surface area contributed by atoms with E-state index in [0.29, 0.717) is 17.1 Å². The summed E-state index contributed by atoms with van der Waals surface area (Å²) in [5.74, 6) is -0.438. The molecule has 4 N–H and O–H groups in total. The molecule has 0 atom stereocenters. The van der Waals surface area contributed by atoms with E-state index in [1.807, 2.05) is 19.1 Å². The Bertz CT molecular complexity index is 1040. The van der Waals surface area contributed by atoms with Gasteiger partial charge >= 0.3 is 0 Å². The van der Waals surface area contributed by atoms with Crippen LogP contribution in [0.25, 0.3) is 22.3 Å². The van der Waals surface area contributed by atoms with Gasteiger partial charge in [0.25, 0.3) is 0 Å². The molecule has 0 radical (unpaired) electrons. The summed E-state index contributed by atoms with van der Waals surface area (Å²) in [7, 11) is 0. The molecule has 24 heavy (non-hydrogen) atoms. The van der Waals surface area contributed by atoms with Crippen LogP contribution in [0.1, 0.15) is 5.56 Å². The summed E-state index contributed by atoms with van der Waals surface area (Å²) >= 11 is 0. The van der Waals surface area contributed by atoms with Gasteiger partial charge in [-0.25, -0.2) is 9.37 Å². The predicted molar refractivity (Wildman–Crippen MR) is 89.8 cm³/mol. The van der Waals surface area contributed by atoms with Crippen LogP contribution in [-0.2, 0) is 0 Å². The van der Waals surface area contributed by atoms with Crippen LogP contribution in [0.5, 0.6) is 5.75 Å². The number of phenols is 1. The highest BCUT2D eigenvalue weighted by Gasteiger charge is 2.09. The molecule has 2 aromatic carbocycles. The second-order valence-corrected chi connectivity index (χ2v) is 5.54. The molecule has 6 nitrogen and oxygen atoms in total. The summed E-state index contributed by atoms with van der Waals surface area (Å²) in [6, 6.07) is 9.92. The normalized spacial score (nSPS) is 11.1. The number of aromatic amines is 2. The number of hydrogen-bond donors (Lipinski definition) is 4. The van der Waals surface area contributed by atoms with Crippen LogP contribution in [0.15, 0.2) is 42.7 Å². The highest BCUT2D eigenvalue weighted by atomic mass is 19.1. The monoisotopic (exact) mass is 323 g/mol. The van der Waals surface area contributed by atoms with Crippen molar-refractivity contribution < 1.29 is 9.50 Å². The largest absolute Gasteiger partial charge is 0.505 e. The molecule has 0 fully saturated rings. The number of benzene rings is 2. The van der Waals surface area contributed by atoms with Crippen molar-refractivity contribution in [2.75, 3.05) is 5.32 Å². The molecule has 4 aromatic rings. The van der Waals surface area contributed by atoms with Gasteiger partial charge in [0.05, 0.1) is 23.1 Å². The van der Waals surface area contributed by atoms with Gasteiger partial charge < -0.3 is 15.4 Å². The molecule has 0 aliphatic rings. The molecule has 2 aromatic heterocycles. The van der Waals surface area contributed by atoms with E-state index in [0.717, 1.165) is 22.3 Å². The molecule has 0 unspecified atom stereocenters. The first-order chi connectivity index (χ1) is 11.6. The van der Waals surface area contributed by atoms with E-state index in [9.17, 15) is 9.50 Å². The fourth-order valence-electron chi connectivity index (χ4n) is 2.57. The maximum Gasteiger partial charge on any atom is 0.165 e. The minimum atomic E-state index is -0.670. The number of H-pyrrole nitrogens is 2. The van der Waals surface area contributed by atoms with Crippen molar-refractivity contribution in [1.29, 1.82) is 0 Å². The summed E-state index contributed by atoms with van der Waals surface area (Å²) in [5, 5.41) is 19.6. The first-order valence-corrected chi connectivity index (χ1v) is 7.35. The minimum absolute atomic E-state index is 0.375. The third-order valence-electron chi connectivity index (χ3n) is 3.87. The van der Waals surface area contributed by atoms with Crippen LogP contribution in [0.3, 0.4) is 0 Å². The fraction of sp³-hybridized carbons (Fsp3) is 0.0588. The van der Waals surface area contributed by atoms with E-state index in [4.69, 9.17) is 0 Å². The van der Waals surface area contributed by atoms with E-state index in [1.54, 1.807) is 18.5 Å². The summed E-state index contributed by atoms with van der Waals surface area (Å²) in [6.07, 6.45) is 1.65. The summed E-state index contributed by atoms with van der Waals surface area (Å²) in [5.41, 5.74) is 5.02. The minimum Gasteiger partial charge on any atom is -0.505 e. The molecule has 120 valence electrons. The number of halogens is 1. The number of rotatable bonds is 3. The Hall–Kier alpha value is -3.35. The van der Waals surface area contributed by atoms with Gasteiger partial charge in [0.1, 0.15) is 0 Å². The van der Waals surface area contributed by atoms with Crippen molar-refractivity contribution in [3.05, 3.63) is 54.1 Å². The lowest BCUT2D eigenvalue weighted by Crippen LogP contribution is -1.93. The van der Waals surface area contributed by atoms with Crippen LogP contribution in [0.2, 0.25) is 0 Å². The molecule has 0 aliphatic carbocycles. The molecular formula is C17H14FN5O. The number of imidazole rings is 1. The maximum atomic E-state index is 13.5. The predicted octanol–water partition coefficient (Wildman–Crippen LogP) is 3.85. The molecule has 7 heteroatoms. The Morgan fingerprint density at radius 2 is 2.04 bits per heavy atom. The number of fused-ring (bicyclic) bond motifs is 1. The summed E-state index contributed by atoms with van der Waals surface area (Å²) < 4.78 is 13.5. The highest BCUT2D eigenvalue weighted by molar-refractivity contribution is 5.82. The van der Waals surface area contributed by atoms with Crippen molar-refractivity contribution in [3.63, 3.8) is 0 Å². The molecule has 0 spiro atoms. The Morgan fingerprint density at radius 3 is 2.88 bits per heavy atom. The van der Waals surface area contributed by atoms with Gasteiger partial charge in [-0.1, -0.05) is 0 Å². The highest BCUT2D eigenvalue weighted by Crippen LogP contribution is 2.28. The zero-order chi connectivity index (χ0) is 16.7.